The zero-order chi connectivity index (χ0) is 12.0. The third-order valence-electron chi connectivity index (χ3n) is 4.95. The van der Waals surface area contributed by atoms with E-state index in [2.05, 4.69) is 25.4 Å². The van der Waals surface area contributed by atoms with Crippen LogP contribution in [0.15, 0.2) is 10.5 Å². The second-order valence-corrected chi connectivity index (χ2v) is 5.97. The summed E-state index contributed by atoms with van der Waals surface area (Å²) in [5, 5.41) is 3.54. The molecule has 0 aliphatic heterocycles. The molecule has 2 bridgehead atoms. The largest absolute Gasteiger partial charge is 0.466 e. The van der Waals surface area contributed by atoms with Gasteiger partial charge < -0.3 is 9.73 Å². The van der Waals surface area contributed by atoms with Crippen molar-refractivity contribution in [3.8, 4) is 0 Å². The van der Waals surface area contributed by atoms with Gasteiger partial charge >= 0.3 is 0 Å². The molecule has 1 aromatic heterocycles. The molecule has 2 aliphatic rings. The Hall–Kier alpha value is -0.760. The SMILES string of the molecule is CNC(c1cc(C)oc1C)C1CC2CCC1C2. The second-order valence-electron chi connectivity index (χ2n) is 5.97. The normalized spacial score (nSPS) is 33.2. The van der Waals surface area contributed by atoms with Gasteiger partial charge in [0.25, 0.3) is 0 Å². The first-order valence-electron chi connectivity index (χ1n) is 6.93. The standard InChI is InChI=1S/C15H23NO/c1-9-6-13(10(2)17-9)15(16-3)14-8-11-4-5-12(14)7-11/h6,11-12,14-16H,4-5,7-8H2,1-3H3. The maximum Gasteiger partial charge on any atom is 0.105 e. The summed E-state index contributed by atoms with van der Waals surface area (Å²) in [6, 6.07) is 2.73. The smallest absolute Gasteiger partial charge is 0.105 e. The Labute approximate surface area is 104 Å². The van der Waals surface area contributed by atoms with Gasteiger partial charge in [0.2, 0.25) is 0 Å². The van der Waals surface area contributed by atoms with Crippen LogP contribution in [0, 0.1) is 31.6 Å². The van der Waals surface area contributed by atoms with E-state index in [0.29, 0.717) is 6.04 Å². The van der Waals surface area contributed by atoms with Gasteiger partial charge in [0, 0.05) is 11.6 Å². The van der Waals surface area contributed by atoms with Crippen LogP contribution in [0.1, 0.15) is 48.8 Å². The van der Waals surface area contributed by atoms with Crippen molar-refractivity contribution in [2.45, 2.75) is 45.6 Å². The van der Waals surface area contributed by atoms with Gasteiger partial charge in [-0.2, -0.15) is 0 Å². The van der Waals surface area contributed by atoms with Gasteiger partial charge in [-0.15, -0.1) is 0 Å². The van der Waals surface area contributed by atoms with Crippen molar-refractivity contribution in [2.24, 2.45) is 17.8 Å². The number of aryl methyl sites for hydroxylation is 2. The highest BCUT2D eigenvalue weighted by molar-refractivity contribution is 5.25. The molecule has 0 amide bonds. The van der Waals surface area contributed by atoms with Crippen LogP contribution in [0.4, 0.5) is 0 Å². The Bertz CT molecular complexity index is 409. The van der Waals surface area contributed by atoms with Gasteiger partial charge in [-0.1, -0.05) is 6.42 Å². The molecule has 1 aromatic rings. The van der Waals surface area contributed by atoms with Gasteiger partial charge in [-0.25, -0.2) is 0 Å². The summed E-state index contributed by atoms with van der Waals surface area (Å²) in [5.41, 5.74) is 1.39. The summed E-state index contributed by atoms with van der Waals surface area (Å²) in [6.07, 6.45) is 5.81. The van der Waals surface area contributed by atoms with Crippen LogP contribution in [-0.2, 0) is 0 Å². The van der Waals surface area contributed by atoms with Gasteiger partial charge in [0.05, 0.1) is 0 Å². The van der Waals surface area contributed by atoms with Crippen molar-refractivity contribution < 1.29 is 4.42 Å². The van der Waals surface area contributed by atoms with Crippen molar-refractivity contribution >= 4 is 0 Å². The molecule has 3 rings (SSSR count). The zero-order valence-corrected chi connectivity index (χ0v) is 11.1. The number of hydrogen-bond donors (Lipinski definition) is 1. The first kappa shape index (κ1) is 11.3. The van der Waals surface area contributed by atoms with Crippen molar-refractivity contribution in [3.63, 3.8) is 0 Å². The quantitative estimate of drug-likeness (QED) is 0.863. The molecule has 4 unspecified atom stereocenters. The van der Waals surface area contributed by atoms with Crippen molar-refractivity contribution in [1.82, 2.24) is 5.32 Å². The Kier molecular flexibility index (Phi) is 2.78. The molecule has 0 radical (unpaired) electrons. The minimum Gasteiger partial charge on any atom is -0.466 e. The van der Waals surface area contributed by atoms with E-state index < -0.39 is 0 Å². The van der Waals surface area contributed by atoms with Crippen LogP contribution in [0.5, 0.6) is 0 Å². The van der Waals surface area contributed by atoms with Crippen LogP contribution in [0.2, 0.25) is 0 Å². The average molecular weight is 233 g/mol. The van der Waals surface area contributed by atoms with Crippen molar-refractivity contribution in [1.29, 1.82) is 0 Å². The summed E-state index contributed by atoms with van der Waals surface area (Å²) in [6.45, 7) is 4.14. The number of furan rings is 1. The van der Waals surface area contributed by atoms with Crippen LogP contribution in [-0.4, -0.2) is 7.05 Å². The Balaban J connectivity index is 1.86. The van der Waals surface area contributed by atoms with E-state index in [4.69, 9.17) is 4.42 Å². The Morgan fingerprint density at radius 3 is 2.59 bits per heavy atom. The summed E-state index contributed by atoms with van der Waals surface area (Å²) < 4.78 is 5.70. The number of hydrogen-bond acceptors (Lipinski definition) is 2. The molecule has 2 saturated carbocycles. The third kappa shape index (κ3) is 1.83. The summed E-state index contributed by atoms with van der Waals surface area (Å²) in [4.78, 5) is 0. The molecule has 4 atom stereocenters. The number of nitrogens with one attached hydrogen (secondary N) is 1. The molecule has 2 aliphatic carbocycles. The van der Waals surface area contributed by atoms with Crippen LogP contribution in [0.25, 0.3) is 0 Å². The predicted octanol–water partition coefficient (Wildman–Crippen LogP) is 3.59. The molecule has 0 spiro atoms. The van der Waals surface area contributed by atoms with Crippen molar-refractivity contribution in [2.75, 3.05) is 7.05 Å². The summed E-state index contributed by atoms with van der Waals surface area (Å²) >= 11 is 0. The lowest BCUT2D eigenvalue weighted by Crippen LogP contribution is -2.29. The molecular formula is C15H23NO. The third-order valence-corrected chi connectivity index (χ3v) is 4.95. The highest BCUT2D eigenvalue weighted by Gasteiger charge is 2.43. The molecule has 0 saturated heterocycles. The fourth-order valence-electron chi connectivity index (χ4n) is 4.26. The van der Waals surface area contributed by atoms with Crippen LogP contribution in [0.3, 0.4) is 0 Å². The lowest BCUT2D eigenvalue weighted by molar-refractivity contribution is 0.257. The molecule has 94 valence electrons. The lowest BCUT2D eigenvalue weighted by Gasteiger charge is -2.30. The highest BCUT2D eigenvalue weighted by atomic mass is 16.3. The zero-order valence-electron chi connectivity index (χ0n) is 11.1. The van der Waals surface area contributed by atoms with E-state index in [0.717, 1.165) is 29.3 Å². The minimum absolute atomic E-state index is 0.503. The van der Waals surface area contributed by atoms with E-state index in [1.165, 1.54) is 31.2 Å². The van der Waals surface area contributed by atoms with E-state index in [1.807, 2.05) is 6.92 Å². The molecule has 0 aromatic carbocycles. The summed E-state index contributed by atoms with van der Waals surface area (Å²) in [5.74, 6) is 4.93. The maximum atomic E-state index is 5.70. The fourth-order valence-corrected chi connectivity index (χ4v) is 4.26. The summed E-state index contributed by atoms with van der Waals surface area (Å²) in [7, 11) is 2.10. The topological polar surface area (TPSA) is 25.2 Å². The second kappa shape index (κ2) is 4.16. The lowest BCUT2D eigenvalue weighted by atomic mass is 9.80. The van der Waals surface area contributed by atoms with Crippen LogP contribution >= 0.6 is 0 Å². The molecule has 2 heteroatoms. The Morgan fingerprint density at radius 2 is 2.12 bits per heavy atom. The monoisotopic (exact) mass is 233 g/mol. The van der Waals surface area contributed by atoms with Gasteiger partial charge in [-0.3, -0.25) is 0 Å². The predicted molar refractivity (Wildman–Crippen MR) is 68.9 cm³/mol. The van der Waals surface area contributed by atoms with E-state index >= 15 is 0 Å². The van der Waals surface area contributed by atoms with Gasteiger partial charge in [0.1, 0.15) is 11.5 Å². The van der Waals surface area contributed by atoms with E-state index in [9.17, 15) is 0 Å². The van der Waals surface area contributed by atoms with Gasteiger partial charge in [0.15, 0.2) is 0 Å². The van der Waals surface area contributed by atoms with E-state index in [-0.39, 0.29) is 0 Å². The first-order valence-corrected chi connectivity index (χ1v) is 6.93. The molecule has 2 nitrogen and oxygen atoms in total. The van der Waals surface area contributed by atoms with Crippen LogP contribution < -0.4 is 5.32 Å². The molecule has 2 fully saturated rings. The molecule has 1 heterocycles. The van der Waals surface area contributed by atoms with Gasteiger partial charge in [-0.05, 0) is 64.0 Å². The fraction of sp³-hybridized carbons (Fsp3) is 0.733. The molecule has 17 heavy (non-hydrogen) atoms. The maximum absolute atomic E-state index is 5.70. The minimum atomic E-state index is 0.503. The average Bonchev–Trinajstić information content (AvgIpc) is 2.96. The highest BCUT2D eigenvalue weighted by Crippen LogP contribution is 2.52. The van der Waals surface area contributed by atoms with Crippen molar-refractivity contribution in [3.05, 3.63) is 23.2 Å². The first-order chi connectivity index (χ1) is 8.19. The number of fused-ring (bicyclic) bond motifs is 2. The molecular weight excluding hydrogens is 210 g/mol. The number of rotatable bonds is 3. The van der Waals surface area contributed by atoms with E-state index in [1.54, 1.807) is 0 Å². The molecule has 1 N–H and O–H groups in total. The Morgan fingerprint density at radius 1 is 1.29 bits per heavy atom.